The van der Waals surface area contributed by atoms with Crippen LogP contribution in [0.25, 0.3) is 0 Å². The standard InChI is InChI=1S/C21H42N8O.HI/c1-6-20-26-25-17-28(20)11-8-23-21(22-7-10-27-13-15-30-16-14-27)24-9-12-29(18(2)3)19(4)5;/h17-19H,6-16H2,1-5H3,(H2,22,23,24);1H. The van der Waals surface area contributed by atoms with E-state index in [0.29, 0.717) is 12.1 Å². The van der Waals surface area contributed by atoms with Crippen LogP contribution in [0.4, 0.5) is 0 Å². The smallest absolute Gasteiger partial charge is 0.191 e. The van der Waals surface area contributed by atoms with Gasteiger partial charge in [0.05, 0.1) is 19.8 Å². The molecule has 1 aliphatic heterocycles. The summed E-state index contributed by atoms with van der Waals surface area (Å²) in [4.78, 5) is 9.72. The number of morpholine rings is 1. The molecule has 2 heterocycles. The first-order valence-electron chi connectivity index (χ1n) is 11.5. The number of aryl methyl sites for hydroxylation is 1. The molecule has 1 aromatic rings. The Bertz CT molecular complexity index is 608. The van der Waals surface area contributed by atoms with E-state index in [9.17, 15) is 0 Å². The molecule has 0 aromatic carbocycles. The molecule has 1 aromatic heterocycles. The Morgan fingerprint density at radius 3 is 2.45 bits per heavy atom. The number of nitrogens with zero attached hydrogens (tertiary/aromatic N) is 6. The quantitative estimate of drug-likeness (QED) is 0.232. The summed E-state index contributed by atoms with van der Waals surface area (Å²) in [6, 6.07) is 1.06. The van der Waals surface area contributed by atoms with Crippen LogP contribution >= 0.6 is 24.0 Å². The molecule has 0 bridgehead atoms. The Hall–Kier alpha value is -0.980. The van der Waals surface area contributed by atoms with Gasteiger partial charge >= 0.3 is 0 Å². The Morgan fingerprint density at radius 2 is 1.81 bits per heavy atom. The Labute approximate surface area is 205 Å². The molecule has 2 N–H and O–H groups in total. The number of hydrogen-bond donors (Lipinski definition) is 2. The average molecular weight is 551 g/mol. The summed E-state index contributed by atoms with van der Waals surface area (Å²) in [5.41, 5.74) is 0. The first-order valence-corrected chi connectivity index (χ1v) is 11.5. The zero-order chi connectivity index (χ0) is 21.8. The van der Waals surface area contributed by atoms with E-state index < -0.39 is 0 Å². The molecule has 1 fully saturated rings. The third kappa shape index (κ3) is 10.5. The molecule has 0 saturated carbocycles. The van der Waals surface area contributed by atoms with Gasteiger partial charge < -0.3 is 19.9 Å². The normalized spacial score (nSPS) is 15.5. The lowest BCUT2D eigenvalue weighted by atomic mass is 10.2. The van der Waals surface area contributed by atoms with Crippen molar-refractivity contribution in [1.82, 2.24) is 35.2 Å². The fraction of sp³-hybridized carbons (Fsp3) is 0.857. The molecule has 31 heavy (non-hydrogen) atoms. The molecule has 0 radical (unpaired) electrons. The van der Waals surface area contributed by atoms with Crippen LogP contribution in [0.5, 0.6) is 0 Å². The van der Waals surface area contributed by atoms with Crippen molar-refractivity contribution in [2.24, 2.45) is 4.99 Å². The third-order valence-corrected chi connectivity index (χ3v) is 5.44. The molecule has 0 atom stereocenters. The van der Waals surface area contributed by atoms with Gasteiger partial charge in [-0.15, -0.1) is 34.2 Å². The summed E-state index contributed by atoms with van der Waals surface area (Å²) >= 11 is 0. The lowest BCUT2D eigenvalue weighted by Gasteiger charge is -2.30. The van der Waals surface area contributed by atoms with Crippen molar-refractivity contribution in [3.8, 4) is 0 Å². The maximum absolute atomic E-state index is 5.43. The van der Waals surface area contributed by atoms with Crippen LogP contribution in [0, 0.1) is 0 Å². The lowest BCUT2D eigenvalue weighted by Crippen LogP contribution is -2.46. The van der Waals surface area contributed by atoms with E-state index in [2.05, 4.69) is 69.8 Å². The summed E-state index contributed by atoms with van der Waals surface area (Å²) in [7, 11) is 0. The molecular weight excluding hydrogens is 507 g/mol. The number of ether oxygens (including phenoxy) is 1. The lowest BCUT2D eigenvalue weighted by molar-refractivity contribution is 0.0394. The number of nitrogens with one attached hydrogen (secondary N) is 2. The second-order valence-corrected chi connectivity index (χ2v) is 8.26. The zero-order valence-electron chi connectivity index (χ0n) is 20.0. The molecule has 1 saturated heterocycles. The van der Waals surface area contributed by atoms with Crippen LogP contribution < -0.4 is 10.6 Å². The highest BCUT2D eigenvalue weighted by Gasteiger charge is 2.13. The predicted molar refractivity (Wildman–Crippen MR) is 137 cm³/mol. The second kappa shape index (κ2) is 15.8. The van der Waals surface area contributed by atoms with Crippen molar-refractivity contribution >= 4 is 29.9 Å². The maximum atomic E-state index is 5.43. The van der Waals surface area contributed by atoms with Crippen molar-refractivity contribution in [3.05, 3.63) is 12.2 Å². The Balaban J connectivity index is 0.00000480. The molecule has 10 heteroatoms. The van der Waals surface area contributed by atoms with Gasteiger partial charge in [-0.25, -0.2) is 0 Å². The fourth-order valence-electron chi connectivity index (χ4n) is 3.75. The third-order valence-electron chi connectivity index (χ3n) is 5.44. The van der Waals surface area contributed by atoms with E-state index in [1.807, 2.05) is 0 Å². The number of hydrogen-bond acceptors (Lipinski definition) is 6. The van der Waals surface area contributed by atoms with Crippen LogP contribution in [-0.2, 0) is 17.7 Å². The molecular formula is C21H43IN8O. The predicted octanol–water partition coefficient (Wildman–Crippen LogP) is 1.44. The molecule has 9 nitrogen and oxygen atoms in total. The van der Waals surface area contributed by atoms with E-state index in [1.165, 1.54) is 0 Å². The van der Waals surface area contributed by atoms with Crippen molar-refractivity contribution < 1.29 is 4.74 Å². The first-order chi connectivity index (χ1) is 14.5. The second-order valence-electron chi connectivity index (χ2n) is 8.26. The van der Waals surface area contributed by atoms with Gasteiger partial charge in [-0.05, 0) is 27.7 Å². The van der Waals surface area contributed by atoms with Gasteiger partial charge in [-0.3, -0.25) is 14.8 Å². The van der Waals surface area contributed by atoms with E-state index in [4.69, 9.17) is 9.73 Å². The number of aromatic nitrogens is 3. The molecule has 2 rings (SSSR count). The molecule has 180 valence electrons. The van der Waals surface area contributed by atoms with Gasteiger partial charge in [0, 0.05) is 64.3 Å². The molecule has 0 spiro atoms. The van der Waals surface area contributed by atoms with E-state index >= 15 is 0 Å². The fourth-order valence-corrected chi connectivity index (χ4v) is 3.75. The van der Waals surface area contributed by atoms with Crippen molar-refractivity contribution in [1.29, 1.82) is 0 Å². The van der Waals surface area contributed by atoms with Gasteiger partial charge in [0.25, 0.3) is 0 Å². The van der Waals surface area contributed by atoms with Crippen molar-refractivity contribution in [2.75, 3.05) is 59.0 Å². The summed E-state index contributed by atoms with van der Waals surface area (Å²) < 4.78 is 7.52. The Kier molecular flexibility index (Phi) is 14.3. The largest absolute Gasteiger partial charge is 0.379 e. The SMILES string of the molecule is CCc1nncn1CCNC(=NCCN1CCOCC1)NCCN(C(C)C)C(C)C.I. The molecule has 1 aliphatic rings. The maximum Gasteiger partial charge on any atom is 0.191 e. The van der Waals surface area contributed by atoms with Gasteiger partial charge in [0.1, 0.15) is 12.2 Å². The van der Waals surface area contributed by atoms with E-state index in [1.54, 1.807) is 6.33 Å². The van der Waals surface area contributed by atoms with Crippen LogP contribution in [-0.4, -0.2) is 102 Å². The summed E-state index contributed by atoms with van der Waals surface area (Å²) in [5.74, 6) is 1.89. The van der Waals surface area contributed by atoms with Gasteiger partial charge in [0.2, 0.25) is 0 Å². The van der Waals surface area contributed by atoms with Crippen LogP contribution in [0.15, 0.2) is 11.3 Å². The minimum absolute atomic E-state index is 0. The van der Waals surface area contributed by atoms with Crippen LogP contribution in [0.1, 0.15) is 40.4 Å². The van der Waals surface area contributed by atoms with Crippen molar-refractivity contribution in [2.45, 2.75) is 59.7 Å². The highest BCUT2D eigenvalue weighted by molar-refractivity contribution is 14.0. The van der Waals surface area contributed by atoms with Crippen molar-refractivity contribution in [3.63, 3.8) is 0 Å². The van der Waals surface area contributed by atoms with E-state index in [-0.39, 0.29) is 24.0 Å². The Morgan fingerprint density at radius 1 is 1.13 bits per heavy atom. The monoisotopic (exact) mass is 550 g/mol. The van der Waals surface area contributed by atoms with Gasteiger partial charge in [0.15, 0.2) is 5.96 Å². The number of guanidine groups is 1. The highest BCUT2D eigenvalue weighted by Crippen LogP contribution is 2.03. The average Bonchev–Trinajstić information content (AvgIpc) is 3.18. The van der Waals surface area contributed by atoms with Gasteiger partial charge in [-0.1, -0.05) is 6.92 Å². The summed E-state index contributed by atoms with van der Waals surface area (Å²) in [6.45, 7) is 20.0. The molecule has 0 amide bonds. The van der Waals surface area contributed by atoms with Crippen LogP contribution in [0.2, 0.25) is 0 Å². The number of halogens is 1. The van der Waals surface area contributed by atoms with Gasteiger partial charge in [-0.2, -0.15) is 0 Å². The van der Waals surface area contributed by atoms with Crippen LogP contribution in [0.3, 0.4) is 0 Å². The first kappa shape index (κ1) is 28.1. The molecule has 0 aliphatic carbocycles. The minimum Gasteiger partial charge on any atom is -0.379 e. The highest BCUT2D eigenvalue weighted by atomic mass is 127. The summed E-state index contributed by atoms with van der Waals surface area (Å²) in [5, 5.41) is 15.2. The zero-order valence-corrected chi connectivity index (χ0v) is 22.3. The molecule has 0 unspecified atom stereocenters. The summed E-state index contributed by atoms with van der Waals surface area (Å²) in [6.07, 6.45) is 2.69. The van der Waals surface area contributed by atoms with E-state index in [0.717, 1.165) is 83.8 Å². The topological polar surface area (TPSA) is 82.8 Å². The number of rotatable bonds is 12. The number of aliphatic imine (C=N–C) groups is 1. The minimum atomic E-state index is 0.